The standard InChI is InChI=1S/C22H24N4O/c1-3-17-12-20(27)26-21(25-17)16-8-9-19(23-13-16)24-14-22(10-11-22)18-7-5-4-6-15(18)2/h4-9,12-13H,3,10-11,14H2,1-2H3,(H,23,24)(H,25,26,27). The molecule has 1 saturated carbocycles. The Labute approximate surface area is 158 Å². The number of rotatable bonds is 6. The molecule has 2 N–H and O–H groups in total. The van der Waals surface area contributed by atoms with Gasteiger partial charge in [-0.3, -0.25) is 4.79 Å². The Balaban J connectivity index is 1.48. The molecule has 0 bridgehead atoms. The van der Waals surface area contributed by atoms with Crippen LogP contribution in [0.25, 0.3) is 11.4 Å². The summed E-state index contributed by atoms with van der Waals surface area (Å²) < 4.78 is 0. The minimum absolute atomic E-state index is 0.132. The van der Waals surface area contributed by atoms with Gasteiger partial charge in [0.2, 0.25) is 0 Å². The predicted octanol–water partition coefficient (Wildman–Crippen LogP) is 3.85. The van der Waals surface area contributed by atoms with Crippen LogP contribution in [-0.2, 0) is 11.8 Å². The van der Waals surface area contributed by atoms with E-state index < -0.39 is 0 Å². The largest absolute Gasteiger partial charge is 0.369 e. The highest BCUT2D eigenvalue weighted by Crippen LogP contribution is 2.49. The van der Waals surface area contributed by atoms with Crippen LogP contribution in [0, 0.1) is 6.92 Å². The molecule has 5 nitrogen and oxygen atoms in total. The van der Waals surface area contributed by atoms with Crippen molar-refractivity contribution in [2.24, 2.45) is 0 Å². The van der Waals surface area contributed by atoms with Crippen LogP contribution in [-0.4, -0.2) is 21.5 Å². The molecule has 2 aromatic heterocycles. The van der Waals surface area contributed by atoms with Crippen molar-refractivity contribution in [3.63, 3.8) is 0 Å². The fourth-order valence-electron chi connectivity index (χ4n) is 3.58. The summed E-state index contributed by atoms with van der Waals surface area (Å²) in [4.78, 5) is 23.5. The molecule has 1 aliphatic rings. The van der Waals surface area contributed by atoms with Gasteiger partial charge in [-0.05, 0) is 49.4 Å². The zero-order valence-corrected chi connectivity index (χ0v) is 15.7. The number of H-pyrrole nitrogens is 1. The van der Waals surface area contributed by atoms with E-state index in [0.29, 0.717) is 5.82 Å². The van der Waals surface area contributed by atoms with Gasteiger partial charge >= 0.3 is 0 Å². The number of benzene rings is 1. The van der Waals surface area contributed by atoms with Crippen molar-refractivity contribution >= 4 is 5.82 Å². The zero-order chi connectivity index (χ0) is 18.9. The Kier molecular flexibility index (Phi) is 4.52. The van der Waals surface area contributed by atoms with Crippen LogP contribution in [0.5, 0.6) is 0 Å². The SMILES string of the molecule is CCc1cc(=O)[nH]c(-c2ccc(NCC3(c4ccccc4C)CC3)nc2)n1. The molecule has 3 aromatic rings. The Bertz CT molecular complexity index is 1000. The number of hydrogen-bond acceptors (Lipinski definition) is 4. The molecule has 4 rings (SSSR count). The molecule has 1 aliphatic carbocycles. The molecule has 1 fully saturated rings. The first-order valence-corrected chi connectivity index (χ1v) is 9.46. The number of nitrogens with zero attached hydrogens (tertiary/aromatic N) is 2. The van der Waals surface area contributed by atoms with E-state index in [4.69, 9.17) is 0 Å². The molecule has 0 saturated heterocycles. The lowest BCUT2D eigenvalue weighted by Gasteiger charge is -2.19. The topological polar surface area (TPSA) is 70.7 Å². The van der Waals surface area contributed by atoms with Crippen LogP contribution in [0.1, 0.15) is 36.6 Å². The molecule has 138 valence electrons. The van der Waals surface area contributed by atoms with E-state index in [9.17, 15) is 4.79 Å². The Hall–Kier alpha value is -2.95. The van der Waals surface area contributed by atoms with Gasteiger partial charge in [0.15, 0.2) is 0 Å². The predicted molar refractivity (Wildman–Crippen MR) is 108 cm³/mol. The first-order valence-electron chi connectivity index (χ1n) is 9.46. The summed E-state index contributed by atoms with van der Waals surface area (Å²) >= 11 is 0. The third-order valence-corrected chi connectivity index (χ3v) is 5.37. The van der Waals surface area contributed by atoms with Gasteiger partial charge in [0.25, 0.3) is 5.56 Å². The van der Waals surface area contributed by atoms with Gasteiger partial charge in [0.05, 0.1) is 0 Å². The summed E-state index contributed by atoms with van der Waals surface area (Å²) in [5.41, 5.74) is 4.48. The normalized spacial score (nSPS) is 14.7. The highest BCUT2D eigenvalue weighted by atomic mass is 16.1. The van der Waals surface area contributed by atoms with Crippen molar-refractivity contribution in [3.8, 4) is 11.4 Å². The van der Waals surface area contributed by atoms with Crippen molar-refractivity contribution in [3.05, 3.63) is 75.8 Å². The lowest BCUT2D eigenvalue weighted by Crippen LogP contribution is -2.21. The molecule has 5 heteroatoms. The second kappa shape index (κ2) is 6.99. The number of hydrogen-bond donors (Lipinski definition) is 2. The van der Waals surface area contributed by atoms with Crippen LogP contribution in [0.3, 0.4) is 0 Å². The van der Waals surface area contributed by atoms with Crippen molar-refractivity contribution in [2.45, 2.75) is 38.5 Å². The third kappa shape index (κ3) is 3.63. The van der Waals surface area contributed by atoms with E-state index in [2.05, 4.69) is 51.5 Å². The molecule has 0 amide bonds. The van der Waals surface area contributed by atoms with Gasteiger partial charge in [-0.15, -0.1) is 0 Å². The molecule has 0 spiro atoms. The summed E-state index contributed by atoms with van der Waals surface area (Å²) in [5.74, 6) is 1.41. The maximum Gasteiger partial charge on any atom is 0.251 e. The average molecular weight is 360 g/mol. The molecular weight excluding hydrogens is 336 g/mol. The van der Waals surface area contributed by atoms with E-state index >= 15 is 0 Å². The molecule has 0 radical (unpaired) electrons. The lowest BCUT2D eigenvalue weighted by atomic mass is 9.92. The van der Waals surface area contributed by atoms with E-state index in [-0.39, 0.29) is 11.0 Å². The summed E-state index contributed by atoms with van der Waals surface area (Å²) in [5, 5.41) is 3.48. The Morgan fingerprint density at radius 1 is 1.19 bits per heavy atom. The van der Waals surface area contributed by atoms with Crippen LogP contribution in [0.2, 0.25) is 0 Å². The van der Waals surface area contributed by atoms with Gasteiger partial charge in [0, 0.05) is 35.5 Å². The molecule has 1 aromatic carbocycles. The molecule has 0 aliphatic heterocycles. The van der Waals surface area contributed by atoms with E-state index in [1.807, 2.05) is 19.1 Å². The zero-order valence-electron chi connectivity index (χ0n) is 15.7. The number of pyridine rings is 1. The molecule has 0 unspecified atom stereocenters. The molecular formula is C22H24N4O. The number of aromatic amines is 1. The van der Waals surface area contributed by atoms with E-state index in [1.54, 1.807) is 6.20 Å². The number of aryl methyl sites for hydroxylation is 2. The fraction of sp³-hybridized carbons (Fsp3) is 0.318. The van der Waals surface area contributed by atoms with Gasteiger partial charge < -0.3 is 10.3 Å². The summed E-state index contributed by atoms with van der Waals surface area (Å²) in [7, 11) is 0. The first kappa shape index (κ1) is 17.5. The Morgan fingerprint density at radius 3 is 2.67 bits per heavy atom. The maximum absolute atomic E-state index is 11.8. The Morgan fingerprint density at radius 2 is 2.00 bits per heavy atom. The minimum Gasteiger partial charge on any atom is -0.369 e. The smallest absolute Gasteiger partial charge is 0.251 e. The van der Waals surface area contributed by atoms with E-state index in [1.165, 1.54) is 30.0 Å². The third-order valence-electron chi connectivity index (χ3n) is 5.37. The monoisotopic (exact) mass is 360 g/mol. The van der Waals surface area contributed by atoms with Crippen LogP contribution in [0.15, 0.2) is 53.5 Å². The molecule has 2 heterocycles. The second-order valence-electron chi connectivity index (χ2n) is 7.32. The molecule has 27 heavy (non-hydrogen) atoms. The summed E-state index contributed by atoms with van der Waals surface area (Å²) in [6.07, 6.45) is 4.90. The minimum atomic E-state index is -0.132. The summed E-state index contributed by atoms with van der Waals surface area (Å²) in [6.45, 7) is 5.05. The van der Waals surface area contributed by atoms with Crippen LogP contribution >= 0.6 is 0 Å². The second-order valence-corrected chi connectivity index (χ2v) is 7.32. The van der Waals surface area contributed by atoms with Gasteiger partial charge in [-0.1, -0.05) is 31.2 Å². The van der Waals surface area contributed by atoms with Gasteiger partial charge in [0.1, 0.15) is 11.6 Å². The van der Waals surface area contributed by atoms with Gasteiger partial charge in [-0.25, -0.2) is 9.97 Å². The van der Waals surface area contributed by atoms with Crippen molar-refractivity contribution in [2.75, 3.05) is 11.9 Å². The van der Waals surface area contributed by atoms with Crippen molar-refractivity contribution in [1.82, 2.24) is 15.0 Å². The van der Waals surface area contributed by atoms with Gasteiger partial charge in [-0.2, -0.15) is 0 Å². The lowest BCUT2D eigenvalue weighted by molar-refractivity contribution is 0.724. The average Bonchev–Trinajstić information content (AvgIpc) is 3.47. The quantitative estimate of drug-likeness (QED) is 0.700. The van der Waals surface area contributed by atoms with Crippen LogP contribution < -0.4 is 10.9 Å². The van der Waals surface area contributed by atoms with Crippen molar-refractivity contribution in [1.29, 1.82) is 0 Å². The highest BCUT2D eigenvalue weighted by molar-refractivity contribution is 5.56. The molecule has 0 atom stereocenters. The maximum atomic E-state index is 11.8. The fourth-order valence-corrected chi connectivity index (χ4v) is 3.58. The number of anilines is 1. The summed E-state index contributed by atoms with van der Waals surface area (Å²) in [6, 6.07) is 14.1. The van der Waals surface area contributed by atoms with Crippen molar-refractivity contribution < 1.29 is 0 Å². The highest BCUT2D eigenvalue weighted by Gasteiger charge is 2.44. The number of nitrogens with one attached hydrogen (secondary N) is 2. The van der Waals surface area contributed by atoms with Crippen LogP contribution in [0.4, 0.5) is 5.82 Å². The van der Waals surface area contributed by atoms with E-state index in [0.717, 1.165) is 30.0 Å². The first-order chi connectivity index (χ1) is 13.1. The number of aromatic nitrogens is 3.